The summed E-state index contributed by atoms with van der Waals surface area (Å²) < 4.78 is 41.2. The molecule has 1 unspecified atom stereocenters. The van der Waals surface area contributed by atoms with E-state index in [4.69, 9.17) is 0 Å². The van der Waals surface area contributed by atoms with Crippen LogP contribution in [-0.2, 0) is 26.2 Å². The topological polar surface area (TPSA) is 86.8 Å². The van der Waals surface area contributed by atoms with Crippen molar-refractivity contribution in [3.63, 3.8) is 0 Å². The number of sulfonamides is 1. The van der Waals surface area contributed by atoms with Gasteiger partial charge in [-0.1, -0.05) is 18.2 Å². The summed E-state index contributed by atoms with van der Waals surface area (Å²) >= 11 is 2.10. The molecule has 10 heteroatoms. The van der Waals surface area contributed by atoms with Gasteiger partial charge in [0.2, 0.25) is 21.8 Å². The van der Waals surface area contributed by atoms with Crippen LogP contribution in [0.4, 0.5) is 10.1 Å². The van der Waals surface area contributed by atoms with Crippen molar-refractivity contribution in [3.8, 4) is 0 Å². The fourth-order valence-corrected chi connectivity index (χ4v) is 4.30. The number of carbonyl (C=O) groups excluding carboxylic acids is 2. The SMILES string of the molecule is CC(C(=O)NC(C)(C)C)N(Cc1ccccc1F)C(=O)CN(c1ccc(I)cc1)S(C)(=O)=O. The molecule has 0 aliphatic rings. The summed E-state index contributed by atoms with van der Waals surface area (Å²) in [6.45, 7) is 6.25. The Hall–Kier alpha value is -2.21. The molecule has 2 rings (SSSR count). The molecule has 0 fully saturated rings. The molecule has 0 saturated carbocycles. The molecule has 1 atom stereocenters. The minimum absolute atomic E-state index is 0.186. The Morgan fingerprint density at radius 3 is 2.18 bits per heavy atom. The predicted octanol–water partition coefficient (Wildman–Crippen LogP) is 3.53. The van der Waals surface area contributed by atoms with Crippen LogP contribution in [0.2, 0.25) is 0 Å². The van der Waals surface area contributed by atoms with E-state index in [0.29, 0.717) is 5.69 Å². The van der Waals surface area contributed by atoms with Gasteiger partial charge >= 0.3 is 0 Å². The zero-order chi connectivity index (χ0) is 25.0. The molecule has 7 nitrogen and oxygen atoms in total. The molecular formula is C23H29FIN3O4S. The number of amides is 2. The van der Waals surface area contributed by atoms with Gasteiger partial charge in [0.15, 0.2) is 0 Å². The quantitative estimate of drug-likeness (QED) is 0.478. The lowest BCUT2D eigenvalue weighted by Crippen LogP contribution is -2.54. The molecular weight excluding hydrogens is 560 g/mol. The highest BCUT2D eigenvalue weighted by Gasteiger charge is 2.31. The Bertz CT molecular complexity index is 1100. The lowest BCUT2D eigenvalue weighted by atomic mass is 10.1. The Balaban J connectivity index is 2.41. The van der Waals surface area contributed by atoms with Crippen LogP contribution in [0.3, 0.4) is 0 Å². The van der Waals surface area contributed by atoms with Crippen LogP contribution >= 0.6 is 22.6 Å². The third-order valence-corrected chi connectivity index (χ3v) is 6.62. The van der Waals surface area contributed by atoms with Crippen LogP contribution in [0.1, 0.15) is 33.3 Å². The zero-order valence-corrected chi connectivity index (χ0v) is 22.3. The van der Waals surface area contributed by atoms with Crippen LogP contribution in [0.25, 0.3) is 0 Å². The largest absolute Gasteiger partial charge is 0.350 e. The van der Waals surface area contributed by atoms with Crippen molar-refractivity contribution in [2.75, 3.05) is 17.1 Å². The minimum Gasteiger partial charge on any atom is -0.350 e. The smallest absolute Gasteiger partial charge is 0.244 e. The Labute approximate surface area is 208 Å². The predicted molar refractivity (Wildman–Crippen MR) is 136 cm³/mol. The highest BCUT2D eigenvalue weighted by atomic mass is 127. The lowest BCUT2D eigenvalue weighted by molar-refractivity contribution is -0.140. The first-order chi connectivity index (χ1) is 15.2. The van der Waals surface area contributed by atoms with Gasteiger partial charge in [-0.2, -0.15) is 0 Å². The minimum atomic E-state index is -3.81. The second kappa shape index (κ2) is 10.8. The Kier molecular flexibility index (Phi) is 8.86. The van der Waals surface area contributed by atoms with E-state index in [9.17, 15) is 22.4 Å². The van der Waals surface area contributed by atoms with Crippen molar-refractivity contribution in [2.45, 2.75) is 45.8 Å². The van der Waals surface area contributed by atoms with E-state index in [1.807, 2.05) is 20.8 Å². The molecule has 0 radical (unpaired) electrons. The van der Waals surface area contributed by atoms with Crippen molar-refractivity contribution in [3.05, 3.63) is 63.5 Å². The molecule has 0 saturated heterocycles. The maximum absolute atomic E-state index is 14.4. The molecule has 0 aromatic heterocycles. The number of anilines is 1. The van der Waals surface area contributed by atoms with Crippen LogP contribution < -0.4 is 9.62 Å². The third kappa shape index (κ3) is 7.95. The van der Waals surface area contributed by atoms with Crippen molar-refractivity contribution in [2.24, 2.45) is 0 Å². The number of nitrogens with one attached hydrogen (secondary N) is 1. The first kappa shape index (κ1) is 27.0. The first-order valence-corrected chi connectivity index (χ1v) is 13.2. The molecule has 0 bridgehead atoms. The maximum Gasteiger partial charge on any atom is 0.244 e. The van der Waals surface area contributed by atoms with Gasteiger partial charge in [-0.15, -0.1) is 0 Å². The Morgan fingerprint density at radius 1 is 1.09 bits per heavy atom. The molecule has 2 aromatic rings. The summed E-state index contributed by atoms with van der Waals surface area (Å²) in [6, 6.07) is 11.7. The molecule has 180 valence electrons. The van der Waals surface area contributed by atoms with Crippen molar-refractivity contribution in [1.29, 1.82) is 0 Å². The summed E-state index contributed by atoms with van der Waals surface area (Å²) in [7, 11) is -3.81. The van der Waals surface area contributed by atoms with Gasteiger partial charge in [0.1, 0.15) is 18.4 Å². The number of nitrogens with zero attached hydrogens (tertiary/aromatic N) is 2. The molecule has 0 aliphatic heterocycles. The molecule has 2 amide bonds. The average molecular weight is 589 g/mol. The summed E-state index contributed by atoms with van der Waals surface area (Å²) in [5.41, 5.74) is 0.00299. The summed E-state index contributed by atoms with van der Waals surface area (Å²) in [5.74, 6) is -1.57. The van der Waals surface area contributed by atoms with E-state index in [1.54, 1.807) is 30.3 Å². The van der Waals surface area contributed by atoms with Gasteiger partial charge in [-0.05, 0) is 80.6 Å². The summed E-state index contributed by atoms with van der Waals surface area (Å²) in [6.07, 6.45) is 1.01. The first-order valence-electron chi connectivity index (χ1n) is 10.3. The number of benzene rings is 2. The monoisotopic (exact) mass is 589 g/mol. The van der Waals surface area contributed by atoms with E-state index in [0.717, 1.165) is 14.1 Å². The van der Waals surface area contributed by atoms with Crippen LogP contribution in [0.15, 0.2) is 48.5 Å². The van der Waals surface area contributed by atoms with Crippen LogP contribution in [0, 0.1) is 9.39 Å². The van der Waals surface area contributed by atoms with Gasteiger partial charge in [0.05, 0.1) is 11.9 Å². The number of carbonyl (C=O) groups is 2. The molecule has 0 spiro atoms. The second-order valence-corrected chi connectivity index (χ2v) is 11.9. The highest BCUT2D eigenvalue weighted by Crippen LogP contribution is 2.21. The molecule has 2 aromatic carbocycles. The van der Waals surface area contributed by atoms with E-state index in [1.165, 1.54) is 30.0 Å². The molecule has 1 N–H and O–H groups in total. The van der Waals surface area contributed by atoms with Crippen LogP contribution in [-0.4, -0.2) is 49.5 Å². The fraction of sp³-hybridized carbons (Fsp3) is 0.391. The standard InChI is InChI=1S/C23H29FIN3O4S/c1-16(22(30)26-23(2,3)4)27(14-17-8-6-7-9-20(17)24)21(29)15-28(33(5,31)32)19-12-10-18(25)11-13-19/h6-13,16H,14-15H2,1-5H3,(H,26,30). The molecule has 33 heavy (non-hydrogen) atoms. The van der Waals surface area contributed by atoms with Gasteiger partial charge in [-0.25, -0.2) is 12.8 Å². The van der Waals surface area contributed by atoms with Crippen molar-refractivity contribution < 1.29 is 22.4 Å². The van der Waals surface area contributed by atoms with E-state index < -0.39 is 45.8 Å². The lowest BCUT2D eigenvalue weighted by Gasteiger charge is -2.33. The molecule has 0 aliphatic carbocycles. The molecule has 0 heterocycles. The van der Waals surface area contributed by atoms with E-state index in [-0.39, 0.29) is 12.1 Å². The zero-order valence-electron chi connectivity index (χ0n) is 19.3. The van der Waals surface area contributed by atoms with Crippen molar-refractivity contribution >= 4 is 50.1 Å². The Morgan fingerprint density at radius 2 is 1.67 bits per heavy atom. The van der Waals surface area contributed by atoms with Crippen LogP contribution in [0.5, 0.6) is 0 Å². The van der Waals surface area contributed by atoms with Crippen molar-refractivity contribution in [1.82, 2.24) is 10.2 Å². The van der Waals surface area contributed by atoms with Gasteiger partial charge < -0.3 is 10.2 Å². The average Bonchev–Trinajstić information content (AvgIpc) is 2.69. The van der Waals surface area contributed by atoms with Gasteiger partial charge in [0.25, 0.3) is 0 Å². The second-order valence-electron chi connectivity index (χ2n) is 8.77. The number of rotatable bonds is 8. The normalized spacial score (nSPS) is 12.7. The maximum atomic E-state index is 14.4. The highest BCUT2D eigenvalue weighted by molar-refractivity contribution is 14.1. The van der Waals surface area contributed by atoms with E-state index in [2.05, 4.69) is 27.9 Å². The third-order valence-electron chi connectivity index (χ3n) is 4.76. The van der Waals surface area contributed by atoms with Gasteiger partial charge in [-0.3, -0.25) is 13.9 Å². The number of hydrogen-bond donors (Lipinski definition) is 1. The summed E-state index contributed by atoms with van der Waals surface area (Å²) in [5, 5.41) is 2.82. The van der Waals surface area contributed by atoms with E-state index >= 15 is 0 Å². The number of halogens is 2. The van der Waals surface area contributed by atoms with Gasteiger partial charge in [0, 0.05) is 21.2 Å². The number of hydrogen-bond acceptors (Lipinski definition) is 4. The summed E-state index contributed by atoms with van der Waals surface area (Å²) in [4.78, 5) is 27.4. The fourth-order valence-electron chi connectivity index (χ4n) is 3.09.